The summed E-state index contributed by atoms with van der Waals surface area (Å²) in [5, 5.41) is 7.14. The molecule has 1 unspecified atom stereocenters. The molecule has 0 radical (unpaired) electrons. The number of ether oxygens (including phenoxy) is 1. The summed E-state index contributed by atoms with van der Waals surface area (Å²) in [6, 6.07) is 15.4. The first-order valence-corrected chi connectivity index (χ1v) is 11.2. The monoisotopic (exact) mass is 440 g/mol. The van der Waals surface area contributed by atoms with E-state index in [1.165, 1.54) is 0 Å². The molecule has 1 amide bonds. The lowest BCUT2D eigenvalue weighted by Gasteiger charge is -2.34. The Kier molecular flexibility index (Phi) is 6.90. The topological polar surface area (TPSA) is 48.4 Å². The van der Waals surface area contributed by atoms with Crippen LogP contribution in [0, 0.1) is 0 Å². The van der Waals surface area contributed by atoms with Crippen molar-refractivity contribution in [2.45, 2.75) is 19.4 Å². The van der Waals surface area contributed by atoms with Crippen LogP contribution in [0.2, 0.25) is 5.02 Å². The number of benzene rings is 2. The van der Waals surface area contributed by atoms with Gasteiger partial charge in [-0.25, -0.2) is 5.01 Å². The summed E-state index contributed by atoms with van der Waals surface area (Å²) in [5.74, 6) is 0.837. The number of hydrazone groups is 1. The number of piperazine rings is 1. The molecule has 0 saturated carbocycles. The molecule has 2 aliphatic heterocycles. The van der Waals surface area contributed by atoms with E-state index in [2.05, 4.69) is 16.7 Å². The van der Waals surface area contributed by atoms with Gasteiger partial charge in [-0.3, -0.25) is 9.69 Å². The molecule has 0 bridgehead atoms. The van der Waals surface area contributed by atoms with Crippen molar-refractivity contribution in [3.05, 3.63) is 64.7 Å². The highest BCUT2D eigenvalue weighted by Gasteiger charge is 2.34. The molecule has 0 aliphatic carbocycles. The number of nitrogens with zero attached hydrogens (tertiary/aromatic N) is 4. The second kappa shape index (κ2) is 9.81. The minimum atomic E-state index is -0.126. The van der Waals surface area contributed by atoms with E-state index >= 15 is 0 Å². The summed E-state index contributed by atoms with van der Waals surface area (Å²) in [5.41, 5.74) is 2.96. The van der Waals surface area contributed by atoms with Gasteiger partial charge in [0.25, 0.3) is 5.91 Å². The smallest absolute Gasteiger partial charge is 0.257 e. The Morgan fingerprint density at radius 1 is 1.03 bits per heavy atom. The molecule has 0 N–H and O–H groups in total. The normalized spacial score (nSPS) is 20.0. The third-order valence-electron chi connectivity index (χ3n) is 6.11. The number of likely N-dealkylation sites (N-methyl/N-ethyl adjacent to an activating group) is 1. The number of hydrogen-bond donors (Lipinski definition) is 0. The second-order valence-corrected chi connectivity index (χ2v) is 8.43. The van der Waals surface area contributed by atoms with Crippen molar-refractivity contribution >= 4 is 23.2 Å². The summed E-state index contributed by atoms with van der Waals surface area (Å²) >= 11 is 6.09. The molecule has 4 rings (SSSR count). The Balaban J connectivity index is 1.54. The van der Waals surface area contributed by atoms with Crippen molar-refractivity contribution in [1.29, 1.82) is 0 Å². The van der Waals surface area contributed by atoms with Gasteiger partial charge in [0.2, 0.25) is 0 Å². The molecule has 2 aliphatic rings. The Labute approximate surface area is 189 Å². The summed E-state index contributed by atoms with van der Waals surface area (Å²) in [6.45, 7) is 7.46. The SMILES string of the molecule is CCN1CCN(CC(=O)N2N=C(c3ccc(OC)cc3)CC2c2ccc(Cl)cc2)CC1. The molecule has 2 aromatic rings. The molecular weight excluding hydrogens is 412 g/mol. The average molecular weight is 441 g/mol. The molecule has 6 nitrogen and oxygen atoms in total. The molecular formula is C24H29ClN4O2. The average Bonchev–Trinajstić information content (AvgIpc) is 3.26. The maximum atomic E-state index is 13.3. The van der Waals surface area contributed by atoms with Crippen molar-refractivity contribution < 1.29 is 9.53 Å². The number of hydrogen-bond acceptors (Lipinski definition) is 5. The molecule has 1 atom stereocenters. The molecule has 31 heavy (non-hydrogen) atoms. The van der Waals surface area contributed by atoms with Crippen LogP contribution in [-0.4, -0.2) is 72.8 Å². The minimum Gasteiger partial charge on any atom is -0.497 e. The lowest BCUT2D eigenvalue weighted by Crippen LogP contribution is -2.49. The predicted octanol–water partition coefficient (Wildman–Crippen LogP) is 3.66. The largest absolute Gasteiger partial charge is 0.497 e. The van der Waals surface area contributed by atoms with Crippen LogP contribution in [0.15, 0.2) is 53.6 Å². The van der Waals surface area contributed by atoms with E-state index in [0.717, 1.165) is 55.3 Å². The summed E-state index contributed by atoms with van der Waals surface area (Å²) in [6.07, 6.45) is 0.670. The first-order valence-electron chi connectivity index (χ1n) is 10.8. The fourth-order valence-electron chi connectivity index (χ4n) is 4.17. The summed E-state index contributed by atoms with van der Waals surface area (Å²) in [7, 11) is 1.65. The second-order valence-electron chi connectivity index (χ2n) is 8.00. The van der Waals surface area contributed by atoms with Gasteiger partial charge in [-0.15, -0.1) is 0 Å². The van der Waals surface area contributed by atoms with E-state index in [1.807, 2.05) is 48.5 Å². The number of methoxy groups -OCH3 is 1. The predicted molar refractivity (Wildman–Crippen MR) is 124 cm³/mol. The molecule has 164 valence electrons. The summed E-state index contributed by atoms with van der Waals surface area (Å²) in [4.78, 5) is 18.0. The summed E-state index contributed by atoms with van der Waals surface area (Å²) < 4.78 is 5.27. The van der Waals surface area contributed by atoms with Crippen molar-refractivity contribution in [2.75, 3.05) is 46.4 Å². The first-order chi connectivity index (χ1) is 15.1. The van der Waals surface area contributed by atoms with Crippen LogP contribution in [-0.2, 0) is 4.79 Å². The van der Waals surface area contributed by atoms with Gasteiger partial charge in [-0.1, -0.05) is 30.7 Å². The number of carbonyl (C=O) groups excluding carboxylic acids is 1. The van der Waals surface area contributed by atoms with Crippen LogP contribution in [0.3, 0.4) is 0 Å². The van der Waals surface area contributed by atoms with Crippen molar-refractivity contribution in [3.63, 3.8) is 0 Å². The highest BCUT2D eigenvalue weighted by molar-refractivity contribution is 6.30. The van der Waals surface area contributed by atoms with E-state index in [-0.39, 0.29) is 11.9 Å². The highest BCUT2D eigenvalue weighted by Crippen LogP contribution is 2.33. The highest BCUT2D eigenvalue weighted by atomic mass is 35.5. The molecule has 1 saturated heterocycles. The maximum absolute atomic E-state index is 13.3. The van der Waals surface area contributed by atoms with E-state index < -0.39 is 0 Å². The van der Waals surface area contributed by atoms with Gasteiger partial charge >= 0.3 is 0 Å². The standard InChI is InChI=1S/C24H29ClN4O2/c1-3-27-12-14-28(15-13-27)17-24(30)29-23(19-4-8-20(25)9-5-19)16-22(26-29)18-6-10-21(31-2)11-7-18/h4-11,23H,3,12-17H2,1-2H3. The number of amides is 1. The van der Waals surface area contributed by atoms with Crippen molar-refractivity contribution in [2.24, 2.45) is 5.10 Å². The molecule has 7 heteroatoms. The lowest BCUT2D eigenvalue weighted by molar-refractivity contribution is -0.134. The number of halogens is 1. The zero-order valence-corrected chi connectivity index (χ0v) is 18.9. The zero-order valence-electron chi connectivity index (χ0n) is 18.1. The van der Waals surface area contributed by atoms with Gasteiger partial charge in [-0.2, -0.15) is 5.10 Å². The van der Waals surface area contributed by atoms with E-state index in [0.29, 0.717) is 18.0 Å². The van der Waals surface area contributed by atoms with E-state index in [4.69, 9.17) is 21.4 Å². The van der Waals surface area contributed by atoms with Crippen LogP contribution >= 0.6 is 11.6 Å². The minimum absolute atomic E-state index is 0.0356. The Morgan fingerprint density at radius 2 is 1.68 bits per heavy atom. The number of rotatable bonds is 6. The van der Waals surface area contributed by atoms with Crippen molar-refractivity contribution in [3.8, 4) is 5.75 Å². The molecule has 0 spiro atoms. The van der Waals surface area contributed by atoms with Crippen LogP contribution in [0.4, 0.5) is 0 Å². The van der Waals surface area contributed by atoms with Gasteiger partial charge in [0.05, 0.1) is 25.4 Å². The van der Waals surface area contributed by atoms with Crippen LogP contribution in [0.25, 0.3) is 0 Å². The van der Waals surface area contributed by atoms with E-state index in [9.17, 15) is 4.79 Å². The van der Waals surface area contributed by atoms with Gasteiger partial charge in [0, 0.05) is 37.6 Å². The maximum Gasteiger partial charge on any atom is 0.257 e. The zero-order chi connectivity index (χ0) is 21.8. The van der Waals surface area contributed by atoms with Crippen LogP contribution in [0.5, 0.6) is 5.75 Å². The lowest BCUT2D eigenvalue weighted by atomic mass is 9.98. The first kappa shape index (κ1) is 21.8. The van der Waals surface area contributed by atoms with Gasteiger partial charge in [0.15, 0.2) is 0 Å². The third-order valence-corrected chi connectivity index (χ3v) is 6.37. The number of carbonyl (C=O) groups is 1. The fourth-order valence-corrected chi connectivity index (χ4v) is 4.30. The van der Waals surface area contributed by atoms with E-state index in [1.54, 1.807) is 12.1 Å². The molecule has 0 aromatic heterocycles. The van der Waals surface area contributed by atoms with Crippen LogP contribution in [0.1, 0.15) is 30.5 Å². The Hall–Kier alpha value is -2.41. The molecule has 2 heterocycles. The van der Waals surface area contributed by atoms with Gasteiger partial charge in [0.1, 0.15) is 5.75 Å². The quantitative estimate of drug-likeness (QED) is 0.687. The van der Waals surface area contributed by atoms with Crippen molar-refractivity contribution in [1.82, 2.24) is 14.8 Å². The molecule has 2 aromatic carbocycles. The molecule has 1 fully saturated rings. The Bertz CT molecular complexity index is 922. The third kappa shape index (κ3) is 5.09. The fraction of sp³-hybridized carbons (Fsp3) is 0.417. The van der Waals surface area contributed by atoms with Crippen LogP contribution < -0.4 is 4.74 Å². The Morgan fingerprint density at radius 3 is 2.29 bits per heavy atom. The van der Waals surface area contributed by atoms with Gasteiger partial charge < -0.3 is 9.64 Å². The van der Waals surface area contributed by atoms with Gasteiger partial charge in [-0.05, 0) is 54.1 Å².